The Morgan fingerprint density at radius 2 is 2.00 bits per heavy atom. The number of rotatable bonds is 7. The fraction of sp³-hybridized carbons (Fsp3) is 0.364. The molecule has 6 nitrogen and oxygen atoms in total. The van der Waals surface area contributed by atoms with E-state index < -0.39 is 6.23 Å². The second kappa shape index (κ2) is 9.63. The number of halogens is 1. The van der Waals surface area contributed by atoms with E-state index in [9.17, 15) is 5.11 Å². The average Bonchev–Trinajstić information content (AvgIpc) is 2.75. The Balaban J connectivity index is 1.40. The molecule has 0 saturated carbocycles. The summed E-state index contributed by atoms with van der Waals surface area (Å²) in [6.07, 6.45) is 3.78. The predicted octanol–water partition coefficient (Wildman–Crippen LogP) is 3.81. The maximum atomic E-state index is 10.5. The number of nitrogens with zero attached hydrogens (tertiary/aromatic N) is 2. The summed E-state index contributed by atoms with van der Waals surface area (Å²) in [7, 11) is 0. The summed E-state index contributed by atoms with van der Waals surface area (Å²) in [6.45, 7) is 2.21. The highest BCUT2D eigenvalue weighted by atomic mass is 79.9. The number of fused-ring (bicyclic) bond motifs is 1. The van der Waals surface area contributed by atoms with Crippen LogP contribution in [0.3, 0.4) is 0 Å². The number of aliphatic hydroxyl groups excluding tert-OH is 1. The minimum Gasteiger partial charge on any atom is -0.381 e. The highest BCUT2D eigenvalue weighted by molar-refractivity contribution is 9.10. The Labute approximate surface area is 178 Å². The summed E-state index contributed by atoms with van der Waals surface area (Å²) in [6, 6.07) is 14.2. The topological polar surface area (TPSA) is 79.3 Å². The molecule has 3 N–H and O–H groups in total. The Morgan fingerprint density at radius 1 is 1.17 bits per heavy atom. The van der Waals surface area contributed by atoms with Gasteiger partial charge in [-0.15, -0.1) is 0 Å². The second-order valence-electron chi connectivity index (χ2n) is 7.23. The summed E-state index contributed by atoms with van der Waals surface area (Å²) in [4.78, 5) is 9.14. The fourth-order valence-corrected chi connectivity index (χ4v) is 3.95. The van der Waals surface area contributed by atoms with E-state index in [0.717, 1.165) is 53.7 Å². The lowest BCUT2D eigenvalue weighted by molar-refractivity contribution is 0.0904. The third kappa shape index (κ3) is 5.30. The summed E-state index contributed by atoms with van der Waals surface area (Å²) in [5.74, 6) is 0.811. The van der Waals surface area contributed by atoms with E-state index >= 15 is 0 Å². The number of ether oxygens (including phenoxy) is 1. The second-order valence-corrected chi connectivity index (χ2v) is 8.08. The maximum Gasteiger partial charge on any atom is 0.148 e. The lowest BCUT2D eigenvalue weighted by Crippen LogP contribution is -2.28. The average molecular weight is 457 g/mol. The van der Waals surface area contributed by atoms with Gasteiger partial charge in [-0.3, -0.25) is 5.32 Å². The SMILES string of the molecule is OC(NCCc1ccccc1Br)c1ccc2cnc(NC3CCOCC3)cc2n1. The lowest BCUT2D eigenvalue weighted by Gasteiger charge is -2.23. The number of benzene rings is 1. The first-order valence-corrected chi connectivity index (χ1v) is 10.7. The molecule has 1 aromatic carbocycles. The molecule has 1 aliphatic rings. The molecule has 152 valence electrons. The van der Waals surface area contributed by atoms with Crippen molar-refractivity contribution in [1.82, 2.24) is 15.3 Å². The van der Waals surface area contributed by atoms with Crippen LogP contribution in [0.25, 0.3) is 10.9 Å². The Bertz CT molecular complexity index is 962. The summed E-state index contributed by atoms with van der Waals surface area (Å²) < 4.78 is 6.49. The van der Waals surface area contributed by atoms with Crippen molar-refractivity contribution < 1.29 is 9.84 Å². The highest BCUT2D eigenvalue weighted by Crippen LogP contribution is 2.20. The van der Waals surface area contributed by atoms with Crippen molar-refractivity contribution in [3.8, 4) is 0 Å². The number of aromatic nitrogens is 2. The molecule has 0 bridgehead atoms. The molecule has 1 fully saturated rings. The molecule has 1 saturated heterocycles. The molecule has 0 amide bonds. The quantitative estimate of drug-likeness (QED) is 0.469. The first-order chi connectivity index (χ1) is 14.2. The standard InChI is InChI=1S/C22H25BrN4O2/c23-18-4-2-1-3-15(18)7-10-24-22(28)19-6-5-16-14-25-21(13-20(16)27-19)26-17-8-11-29-12-9-17/h1-6,13-14,17,22,24,28H,7-12H2,(H,25,26). The molecule has 7 heteroatoms. The Morgan fingerprint density at radius 3 is 2.83 bits per heavy atom. The van der Waals surface area contributed by atoms with Crippen molar-refractivity contribution in [3.63, 3.8) is 0 Å². The lowest BCUT2D eigenvalue weighted by atomic mass is 10.1. The van der Waals surface area contributed by atoms with Crippen LogP contribution in [0.1, 0.15) is 30.3 Å². The van der Waals surface area contributed by atoms with E-state index in [1.165, 1.54) is 5.56 Å². The number of nitrogens with one attached hydrogen (secondary N) is 2. The van der Waals surface area contributed by atoms with Crippen LogP contribution < -0.4 is 10.6 Å². The van der Waals surface area contributed by atoms with Crippen LogP contribution in [-0.4, -0.2) is 40.9 Å². The molecule has 1 unspecified atom stereocenters. The zero-order valence-corrected chi connectivity index (χ0v) is 17.7. The number of hydrogen-bond donors (Lipinski definition) is 3. The van der Waals surface area contributed by atoms with Gasteiger partial charge in [0.05, 0.1) is 11.2 Å². The van der Waals surface area contributed by atoms with Gasteiger partial charge in [0.2, 0.25) is 0 Å². The predicted molar refractivity (Wildman–Crippen MR) is 118 cm³/mol. The van der Waals surface area contributed by atoms with E-state index in [2.05, 4.69) is 42.6 Å². The molecule has 0 spiro atoms. The molecule has 1 atom stereocenters. The van der Waals surface area contributed by atoms with Crippen LogP contribution >= 0.6 is 15.9 Å². The highest BCUT2D eigenvalue weighted by Gasteiger charge is 2.15. The molecular formula is C22H25BrN4O2. The van der Waals surface area contributed by atoms with E-state index in [1.807, 2.05) is 42.6 Å². The van der Waals surface area contributed by atoms with Crippen LogP contribution in [0.5, 0.6) is 0 Å². The molecule has 1 aliphatic heterocycles. The number of hydrogen-bond acceptors (Lipinski definition) is 6. The monoisotopic (exact) mass is 456 g/mol. The van der Waals surface area contributed by atoms with Gasteiger partial charge in [-0.25, -0.2) is 9.97 Å². The third-order valence-electron chi connectivity index (χ3n) is 5.14. The first-order valence-electron chi connectivity index (χ1n) is 9.95. The normalized spacial score (nSPS) is 16.1. The fourth-order valence-electron chi connectivity index (χ4n) is 3.46. The minimum atomic E-state index is -0.818. The van der Waals surface area contributed by atoms with Gasteiger partial charge in [-0.1, -0.05) is 34.1 Å². The van der Waals surface area contributed by atoms with Gasteiger partial charge in [0, 0.05) is 47.9 Å². The molecule has 0 radical (unpaired) electrons. The van der Waals surface area contributed by atoms with E-state index in [1.54, 1.807) is 0 Å². The molecule has 3 heterocycles. The first kappa shape index (κ1) is 20.2. The minimum absolute atomic E-state index is 0.376. The van der Waals surface area contributed by atoms with Crippen molar-refractivity contribution in [2.45, 2.75) is 31.5 Å². The number of pyridine rings is 2. The van der Waals surface area contributed by atoms with E-state index in [-0.39, 0.29) is 0 Å². The van der Waals surface area contributed by atoms with Gasteiger partial charge in [-0.05, 0) is 43.0 Å². The molecule has 29 heavy (non-hydrogen) atoms. The number of aliphatic hydroxyl groups is 1. The molecule has 3 aromatic rings. The Hall–Kier alpha value is -2.06. The van der Waals surface area contributed by atoms with Crippen LogP contribution in [0.4, 0.5) is 5.82 Å². The van der Waals surface area contributed by atoms with Gasteiger partial charge in [0.1, 0.15) is 12.0 Å². The van der Waals surface area contributed by atoms with Crippen molar-refractivity contribution in [2.24, 2.45) is 0 Å². The van der Waals surface area contributed by atoms with Crippen LogP contribution in [-0.2, 0) is 11.2 Å². The van der Waals surface area contributed by atoms with Crippen molar-refractivity contribution in [2.75, 3.05) is 25.1 Å². The summed E-state index contributed by atoms with van der Waals surface area (Å²) >= 11 is 3.56. The molecular weight excluding hydrogens is 432 g/mol. The van der Waals surface area contributed by atoms with Gasteiger partial charge in [-0.2, -0.15) is 0 Å². The number of anilines is 1. The largest absolute Gasteiger partial charge is 0.381 e. The van der Waals surface area contributed by atoms with Crippen molar-refractivity contribution >= 4 is 32.7 Å². The summed E-state index contributed by atoms with van der Waals surface area (Å²) in [5.41, 5.74) is 2.63. The van der Waals surface area contributed by atoms with Gasteiger partial charge >= 0.3 is 0 Å². The molecule has 4 rings (SSSR count). The zero-order chi connectivity index (χ0) is 20.1. The summed E-state index contributed by atoms with van der Waals surface area (Å²) in [5, 5.41) is 18.1. The van der Waals surface area contributed by atoms with E-state index in [0.29, 0.717) is 18.3 Å². The van der Waals surface area contributed by atoms with Gasteiger partial charge < -0.3 is 15.2 Å². The van der Waals surface area contributed by atoms with Gasteiger partial charge in [0.25, 0.3) is 0 Å². The smallest absolute Gasteiger partial charge is 0.148 e. The van der Waals surface area contributed by atoms with E-state index in [4.69, 9.17) is 4.74 Å². The van der Waals surface area contributed by atoms with Crippen molar-refractivity contribution in [1.29, 1.82) is 0 Å². The van der Waals surface area contributed by atoms with Crippen LogP contribution in [0, 0.1) is 0 Å². The maximum absolute atomic E-state index is 10.5. The van der Waals surface area contributed by atoms with Crippen LogP contribution in [0.2, 0.25) is 0 Å². The van der Waals surface area contributed by atoms with Crippen LogP contribution in [0.15, 0.2) is 53.1 Å². The van der Waals surface area contributed by atoms with Gasteiger partial charge in [0.15, 0.2) is 0 Å². The molecule has 2 aromatic heterocycles. The Kier molecular flexibility index (Phi) is 6.71. The molecule has 0 aliphatic carbocycles. The zero-order valence-electron chi connectivity index (χ0n) is 16.1. The third-order valence-corrected chi connectivity index (χ3v) is 5.91. The van der Waals surface area contributed by atoms with Crippen molar-refractivity contribution in [3.05, 3.63) is 64.4 Å².